The molecule has 49 heavy (non-hydrogen) atoms. The molecule has 6 aromatic carbocycles. The Hall–Kier alpha value is -5.20. The third-order valence-corrected chi connectivity index (χ3v) is 10.9. The van der Waals surface area contributed by atoms with E-state index in [1.165, 1.54) is 66.8 Å². The molecule has 0 radical (unpaired) electrons. The fourth-order valence-electron chi connectivity index (χ4n) is 8.90. The van der Waals surface area contributed by atoms with Crippen LogP contribution in [0.5, 0.6) is 0 Å². The number of hydrogen-bond donors (Lipinski definition) is 0. The van der Waals surface area contributed by atoms with Gasteiger partial charge in [0.2, 0.25) is 0 Å². The molecule has 0 atom stereocenters. The van der Waals surface area contributed by atoms with Crippen LogP contribution in [0.1, 0.15) is 72.9 Å². The highest BCUT2D eigenvalue weighted by Gasteiger charge is 2.45. The summed E-state index contributed by atoms with van der Waals surface area (Å²) in [5.41, 5.74) is 19.6. The molecule has 0 saturated carbocycles. The van der Waals surface area contributed by atoms with Crippen molar-refractivity contribution in [2.45, 2.75) is 52.4 Å². The normalized spacial score (nSPS) is 13.9. The minimum absolute atomic E-state index is 0.121. The molecule has 0 aliphatic heterocycles. The molecule has 0 heteroatoms. The molecule has 0 N–H and O–H groups in total. The fourth-order valence-corrected chi connectivity index (χ4v) is 8.90. The monoisotopic (exact) mass is 632 g/mol. The lowest BCUT2D eigenvalue weighted by Crippen LogP contribution is -2.25. The number of rotatable bonds is 10. The molecule has 0 heterocycles. The maximum Gasteiger partial charge on any atom is 0.0220 e. The summed E-state index contributed by atoms with van der Waals surface area (Å²) in [6.45, 7) is 4.77. The number of benzene rings is 6. The average Bonchev–Trinajstić information content (AvgIpc) is 3.76. The van der Waals surface area contributed by atoms with Gasteiger partial charge in [-0.25, -0.2) is 0 Å². The van der Waals surface area contributed by atoms with Crippen molar-refractivity contribution >= 4 is 22.3 Å². The van der Waals surface area contributed by atoms with E-state index in [-0.39, 0.29) is 5.41 Å². The minimum atomic E-state index is -0.121. The van der Waals surface area contributed by atoms with Gasteiger partial charge < -0.3 is 0 Å². The summed E-state index contributed by atoms with van der Waals surface area (Å²) in [6, 6.07) is 58.8. The van der Waals surface area contributed by atoms with E-state index in [9.17, 15) is 0 Å². The van der Waals surface area contributed by atoms with Crippen molar-refractivity contribution in [3.8, 4) is 22.3 Å². The summed E-state index contributed by atoms with van der Waals surface area (Å²) >= 11 is 0. The number of hydrogen-bond acceptors (Lipinski definition) is 0. The molecular formula is C49H44. The summed E-state index contributed by atoms with van der Waals surface area (Å²) in [7, 11) is 0. The summed E-state index contributed by atoms with van der Waals surface area (Å²) < 4.78 is 0. The second-order valence-electron chi connectivity index (χ2n) is 13.8. The Balaban J connectivity index is 1.36. The molecule has 0 fully saturated rings. The molecule has 0 unspecified atom stereocenters. The van der Waals surface area contributed by atoms with Crippen LogP contribution in [0.3, 0.4) is 0 Å². The topological polar surface area (TPSA) is 0 Å². The zero-order valence-corrected chi connectivity index (χ0v) is 28.8. The van der Waals surface area contributed by atoms with E-state index < -0.39 is 0 Å². The van der Waals surface area contributed by atoms with Crippen molar-refractivity contribution in [2.24, 2.45) is 5.41 Å². The molecule has 0 aromatic heterocycles. The Morgan fingerprint density at radius 3 is 1.08 bits per heavy atom. The van der Waals surface area contributed by atoms with Gasteiger partial charge >= 0.3 is 0 Å². The van der Waals surface area contributed by atoms with Crippen LogP contribution in [-0.2, 0) is 12.8 Å². The molecule has 0 bridgehead atoms. The predicted octanol–water partition coefficient (Wildman–Crippen LogP) is 13.2. The third-order valence-electron chi connectivity index (χ3n) is 10.9. The van der Waals surface area contributed by atoms with Crippen molar-refractivity contribution in [2.75, 3.05) is 0 Å². The molecule has 0 saturated heterocycles. The molecule has 0 amide bonds. The van der Waals surface area contributed by atoms with E-state index in [1.54, 1.807) is 11.1 Å². The van der Waals surface area contributed by atoms with Gasteiger partial charge in [0.1, 0.15) is 0 Å². The molecule has 2 aliphatic carbocycles. The van der Waals surface area contributed by atoms with Crippen LogP contribution in [0.25, 0.3) is 44.5 Å². The Morgan fingerprint density at radius 1 is 0.367 bits per heavy atom. The molecule has 6 aromatic rings. The molecule has 0 spiro atoms. The van der Waals surface area contributed by atoms with Crippen LogP contribution in [0, 0.1) is 5.41 Å². The average molecular weight is 633 g/mol. The van der Waals surface area contributed by atoms with Gasteiger partial charge in [0.05, 0.1) is 0 Å². The van der Waals surface area contributed by atoms with Gasteiger partial charge in [-0.3, -0.25) is 0 Å². The molecule has 2 aliphatic rings. The lowest BCUT2D eigenvalue weighted by molar-refractivity contribution is 0.439. The second-order valence-corrected chi connectivity index (χ2v) is 13.8. The SMILES string of the molecule is CCCC(CCC)(C1=C(c2ccc(-c3ccccc3)cc2)Cc2ccccc21)C1=C(c2ccc(-c3ccccc3)cc2)Cc2ccccc21. The summed E-state index contributed by atoms with van der Waals surface area (Å²) in [5, 5.41) is 0. The van der Waals surface area contributed by atoms with Crippen LogP contribution >= 0.6 is 0 Å². The highest BCUT2D eigenvalue weighted by molar-refractivity contribution is 6.10. The van der Waals surface area contributed by atoms with Gasteiger partial charge in [-0.05, 0) is 104 Å². The summed E-state index contributed by atoms with van der Waals surface area (Å²) in [4.78, 5) is 0. The van der Waals surface area contributed by atoms with E-state index in [4.69, 9.17) is 0 Å². The minimum Gasteiger partial charge on any atom is -0.0653 e. The van der Waals surface area contributed by atoms with Gasteiger partial charge in [-0.1, -0.05) is 184 Å². The zero-order valence-electron chi connectivity index (χ0n) is 28.8. The van der Waals surface area contributed by atoms with Crippen LogP contribution in [0.15, 0.2) is 158 Å². The van der Waals surface area contributed by atoms with Crippen molar-refractivity contribution in [1.82, 2.24) is 0 Å². The first-order valence-corrected chi connectivity index (χ1v) is 18.2. The number of allylic oxidation sites excluding steroid dienone is 4. The lowest BCUT2D eigenvalue weighted by atomic mass is 9.63. The van der Waals surface area contributed by atoms with Crippen LogP contribution in [-0.4, -0.2) is 0 Å². The van der Waals surface area contributed by atoms with Crippen molar-refractivity contribution < 1.29 is 0 Å². The van der Waals surface area contributed by atoms with Crippen LogP contribution in [0.2, 0.25) is 0 Å². The number of fused-ring (bicyclic) bond motifs is 2. The van der Waals surface area contributed by atoms with Crippen molar-refractivity contribution in [3.63, 3.8) is 0 Å². The highest BCUT2D eigenvalue weighted by Crippen LogP contribution is 2.62. The highest BCUT2D eigenvalue weighted by atomic mass is 14.5. The Bertz CT molecular complexity index is 1980. The second kappa shape index (κ2) is 13.4. The Labute approximate surface area is 292 Å². The standard InChI is InChI=1S/C49H44/c1-3-31-49(32-4-2,47-43-21-13-11-19-41(43)33-45(47)39-27-23-37(24-28-39)35-15-7-5-8-16-35)48-44-22-14-12-20-42(44)34-46(48)40-29-25-38(26-30-40)36-17-9-6-10-18-36/h5-30H,3-4,31-34H2,1-2H3. The first-order valence-electron chi connectivity index (χ1n) is 18.2. The molecule has 240 valence electrons. The zero-order chi connectivity index (χ0) is 33.2. The van der Waals surface area contributed by atoms with Gasteiger partial charge in [0.15, 0.2) is 0 Å². The van der Waals surface area contributed by atoms with Crippen LogP contribution < -0.4 is 0 Å². The first kappa shape index (κ1) is 31.1. The van der Waals surface area contributed by atoms with Gasteiger partial charge in [-0.15, -0.1) is 0 Å². The molecular weight excluding hydrogens is 589 g/mol. The van der Waals surface area contributed by atoms with Gasteiger partial charge in [-0.2, -0.15) is 0 Å². The van der Waals surface area contributed by atoms with Crippen LogP contribution in [0.4, 0.5) is 0 Å². The van der Waals surface area contributed by atoms with Gasteiger partial charge in [0, 0.05) is 5.41 Å². The quantitative estimate of drug-likeness (QED) is 0.141. The van der Waals surface area contributed by atoms with E-state index in [1.807, 2.05) is 0 Å². The smallest absolute Gasteiger partial charge is 0.0220 e. The van der Waals surface area contributed by atoms with E-state index in [0.717, 1.165) is 38.5 Å². The fraction of sp³-hybridized carbons (Fsp3) is 0.184. The lowest BCUT2D eigenvalue weighted by Gasteiger charge is -2.40. The Kier molecular flexibility index (Phi) is 8.48. The van der Waals surface area contributed by atoms with Crippen molar-refractivity contribution in [1.29, 1.82) is 0 Å². The maximum absolute atomic E-state index is 2.41. The Morgan fingerprint density at radius 2 is 0.694 bits per heavy atom. The molecule has 8 rings (SSSR count). The predicted molar refractivity (Wildman–Crippen MR) is 210 cm³/mol. The maximum atomic E-state index is 2.41. The van der Waals surface area contributed by atoms with E-state index >= 15 is 0 Å². The molecule has 0 nitrogen and oxygen atoms in total. The first-order chi connectivity index (χ1) is 24.2. The largest absolute Gasteiger partial charge is 0.0653 e. The summed E-state index contributed by atoms with van der Waals surface area (Å²) in [6.07, 6.45) is 6.43. The third kappa shape index (κ3) is 5.60. The van der Waals surface area contributed by atoms with Crippen molar-refractivity contribution in [3.05, 3.63) is 191 Å². The van der Waals surface area contributed by atoms with E-state index in [2.05, 4.69) is 172 Å². The summed E-state index contributed by atoms with van der Waals surface area (Å²) in [5.74, 6) is 0. The van der Waals surface area contributed by atoms with E-state index in [0.29, 0.717) is 0 Å². The van der Waals surface area contributed by atoms with Gasteiger partial charge in [0.25, 0.3) is 0 Å².